The van der Waals surface area contributed by atoms with E-state index in [4.69, 9.17) is 29.4 Å². The molecule has 1 heterocycles. The van der Waals surface area contributed by atoms with Crippen molar-refractivity contribution in [1.29, 1.82) is 0 Å². The molecule has 61 heavy (non-hydrogen) atoms. The first-order chi connectivity index (χ1) is 28.7. The molecule has 1 aliphatic heterocycles. The molecule has 12 atom stereocenters. The van der Waals surface area contributed by atoms with Crippen LogP contribution in [-0.4, -0.2) is 106 Å². The molecule has 2 aromatic rings. The van der Waals surface area contributed by atoms with Crippen molar-refractivity contribution >= 4 is 29.8 Å². The Morgan fingerprint density at radius 2 is 1.57 bits per heavy atom. The number of unbranched alkanes of at least 4 members (excludes halogenated alkanes) is 2. The number of amides is 1. The third-order valence-corrected chi connectivity index (χ3v) is 13.8. The molecular weight excluding hydrogens is 789 g/mol. The highest BCUT2D eigenvalue weighted by molar-refractivity contribution is 5.89. The van der Waals surface area contributed by atoms with E-state index < -0.39 is 107 Å². The van der Waals surface area contributed by atoms with Crippen LogP contribution in [-0.2, 0) is 42.9 Å². The number of esters is 4. The first kappa shape index (κ1) is 45.8. The zero-order valence-corrected chi connectivity index (χ0v) is 35.9. The van der Waals surface area contributed by atoms with Crippen molar-refractivity contribution in [3.8, 4) is 0 Å². The number of ether oxygens (including phenoxy) is 5. The fourth-order valence-corrected chi connectivity index (χ4v) is 10.5. The van der Waals surface area contributed by atoms with E-state index in [9.17, 15) is 39.3 Å². The number of hydrogen-bond donors (Lipinski definition) is 5. The molecule has 3 aliphatic carbocycles. The van der Waals surface area contributed by atoms with Gasteiger partial charge in [0.05, 0.1) is 24.1 Å². The number of aliphatic hydroxyl groups excluding tert-OH is 2. The molecule has 15 heteroatoms. The molecular formula is C46H60N2O13. The highest BCUT2D eigenvalue weighted by atomic mass is 16.6. The highest BCUT2D eigenvalue weighted by Crippen LogP contribution is 2.65. The Morgan fingerprint density at radius 3 is 2.15 bits per heavy atom. The van der Waals surface area contributed by atoms with E-state index in [1.807, 2.05) is 6.92 Å². The van der Waals surface area contributed by atoms with Crippen molar-refractivity contribution in [2.45, 2.75) is 147 Å². The summed E-state index contributed by atoms with van der Waals surface area (Å²) in [6, 6.07) is 14.3. The van der Waals surface area contributed by atoms with Gasteiger partial charge in [-0.05, 0) is 48.6 Å². The Hall–Kier alpha value is -4.67. The number of carbonyl (C=O) groups is 5. The molecule has 2 bridgehead atoms. The third-order valence-electron chi connectivity index (χ3n) is 13.8. The van der Waals surface area contributed by atoms with Crippen molar-refractivity contribution in [2.75, 3.05) is 6.61 Å². The van der Waals surface area contributed by atoms with E-state index in [1.165, 1.54) is 26.0 Å². The predicted octanol–water partition coefficient (Wildman–Crippen LogP) is 3.76. The second-order valence-electron chi connectivity index (χ2n) is 17.8. The molecule has 3 fully saturated rings. The Labute approximate surface area is 356 Å². The lowest BCUT2D eigenvalue weighted by molar-refractivity contribution is -0.351. The van der Waals surface area contributed by atoms with Crippen LogP contribution < -0.4 is 11.1 Å². The van der Waals surface area contributed by atoms with Gasteiger partial charge < -0.3 is 50.1 Å². The fourth-order valence-electron chi connectivity index (χ4n) is 10.5. The van der Waals surface area contributed by atoms with Crippen LogP contribution in [0.15, 0.2) is 71.8 Å². The predicted molar refractivity (Wildman–Crippen MR) is 219 cm³/mol. The molecule has 2 aromatic carbocycles. The zero-order valence-electron chi connectivity index (χ0n) is 35.9. The normalized spacial score (nSPS) is 33.5. The fraction of sp³-hybridized carbons (Fsp3) is 0.587. The Kier molecular flexibility index (Phi) is 13.2. The second kappa shape index (κ2) is 17.6. The molecule has 6 rings (SSSR count). The van der Waals surface area contributed by atoms with Gasteiger partial charge in [-0.2, -0.15) is 0 Å². The van der Waals surface area contributed by atoms with E-state index in [0.29, 0.717) is 17.6 Å². The van der Waals surface area contributed by atoms with Gasteiger partial charge in [-0.25, -0.2) is 9.59 Å². The SMILES string of the molecule is CCCCCC(=O)N[C@@H](c1ccccc1)[C@@H](O)C(=O)O[C@H]1C[C@@]2(O)[C@@H](OC(=O)c3ccccc3)[C@@H]3[C@]4(OC(C)=O)CO[C@@H]4C[C@H](N)[C@@]3(C)[C@@H](O)[C@H](OC(C)=O)C(=C1C)C2(C)C. The Bertz CT molecular complexity index is 2010. The maximum atomic E-state index is 14.3. The molecule has 4 aliphatic rings. The number of rotatable bonds is 13. The average Bonchev–Trinajstić information content (AvgIpc) is 3.21. The summed E-state index contributed by atoms with van der Waals surface area (Å²) in [5.74, 6) is -5.18. The highest BCUT2D eigenvalue weighted by Gasteiger charge is 2.77. The maximum Gasteiger partial charge on any atom is 0.338 e. The van der Waals surface area contributed by atoms with Gasteiger partial charge in [0.25, 0.3) is 0 Å². The third kappa shape index (κ3) is 8.11. The molecule has 1 amide bonds. The molecule has 332 valence electrons. The van der Waals surface area contributed by atoms with Gasteiger partial charge in [0.2, 0.25) is 5.91 Å². The quantitative estimate of drug-likeness (QED) is 0.0837. The molecule has 2 saturated carbocycles. The van der Waals surface area contributed by atoms with Gasteiger partial charge in [-0.1, -0.05) is 89.1 Å². The topological polar surface area (TPSA) is 230 Å². The summed E-state index contributed by atoms with van der Waals surface area (Å²) >= 11 is 0. The van der Waals surface area contributed by atoms with Crippen LogP contribution in [0.2, 0.25) is 0 Å². The van der Waals surface area contributed by atoms with E-state index in [1.54, 1.807) is 76.2 Å². The van der Waals surface area contributed by atoms with Crippen LogP contribution in [0.3, 0.4) is 0 Å². The summed E-state index contributed by atoms with van der Waals surface area (Å²) < 4.78 is 30.8. The Balaban J connectivity index is 1.52. The van der Waals surface area contributed by atoms with E-state index in [-0.39, 0.29) is 36.5 Å². The summed E-state index contributed by atoms with van der Waals surface area (Å²) in [5, 5.41) is 41.1. The number of fused-ring (bicyclic) bond motifs is 5. The van der Waals surface area contributed by atoms with Crippen molar-refractivity contribution in [3.05, 3.63) is 82.9 Å². The molecule has 1 saturated heterocycles. The average molecular weight is 849 g/mol. The van der Waals surface area contributed by atoms with Crippen molar-refractivity contribution < 1.29 is 63.0 Å². The molecule has 0 spiro atoms. The Morgan fingerprint density at radius 1 is 0.934 bits per heavy atom. The van der Waals surface area contributed by atoms with E-state index in [2.05, 4.69) is 5.32 Å². The van der Waals surface area contributed by atoms with Crippen molar-refractivity contribution in [3.63, 3.8) is 0 Å². The minimum atomic E-state index is -2.27. The van der Waals surface area contributed by atoms with Crippen LogP contribution in [0.4, 0.5) is 0 Å². The lowest BCUT2D eigenvalue weighted by Crippen LogP contribution is -2.83. The molecule has 6 N–H and O–H groups in total. The summed E-state index contributed by atoms with van der Waals surface area (Å²) in [5.41, 5.74) is 0.955. The second-order valence-corrected chi connectivity index (χ2v) is 17.8. The molecule has 0 unspecified atom stereocenters. The largest absolute Gasteiger partial charge is 0.456 e. The molecule has 15 nitrogen and oxygen atoms in total. The van der Waals surface area contributed by atoms with Crippen molar-refractivity contribution in [1.82, 2.24) is 5.32 Å². The number of nitrogens with one attached hydrogen (secondary N) is 1. The first-order valence-electron chi connectivity index (χ1n) is 21.1. The molecule has 0 radical (unpaired) electrons. The van der Waals surface area contributed by atoms with Crippen LogP contribution in [0.1, 0.15) is 109 Å². The van der Waals surface area contributed by atoms with Crippen LogP contribution in [0.25, 0.3) is 0 Å². The lowest BCUT2D eigenvalue weighted by atomic mass is 9.44. The summed E-state index contributed by atoms with van der Waals surface area (Å²) in [6.45, 7) is 10.7. The minimum absolute atomic E-state index is 0.0825. The number of carbonyl (C=O) groups excluding carboxylic acids is 5. The monoisotopic (exact) mass is 848 g/mol. The minimum Gasteiger partial charge on any atom is -0.456 e. The van der Waals surface area contributed by atoms with E-state index in [0.717, 1.165) is 12.8 Å². The van der Waals surface area contributed by atoms with Gasteiger partial charge in [0.1, 0.15) is 30.0 Å². The lowest BCUT2D eigenvalue weighted by Gasteiger charge is -2.69. The standard InChI is InChI=1S/C46H60N2O13/c1-8-9-12-21-33(51)48-35(28-17-13-10-14-18-28)36(52)42(55)59-30-23-46(56)40(60-41(54)29-19-15-11-16-20-29)38-44(7,31(47)22-32-45(38,24-57-32)61-27(4)50)39(53)37(58-26(3)49)34(25(30)2)43(46,5)6/h10-11,13-20,30-32,35-40,52-53,56H,8-9,12,21-24,47H2,1-7H3,(H,48,51)/t30-,31-,32+,35-,36+,37+,38-,39-,40-,44+,45-,46+/m0/s1. The van der Waals surface area contributed by atoms with Gasteiger partial charge in [0, 0.05) is 43.6 Å². The number of hydrogen-bond acceptors (Lipinski definition) is 14. The van der Waals surface area contributed by atoms with Gasteiger partial charge in [0.15, 0.2) is 17.8 Å². The van der Waals surface area contributed by atoms with Gasteiger partial charge in [-0.15, -0.1) is 0 Å². The molecule has 0 aromatic heterocycles. The number of benzene rings is 2. The van der Waals surface area contributed by atoms with Crippen molar-refractivity contribution in [2.24, 2.45) is 22.5 Å². The van der Waals surface area contributed by atoms with E-state index >= 15 is 0 Å². The van der Waals surface area contributed by atoms with Gasteiger partial charge >= 0.3 is 23.9 Å². The summed E-state index contributed by atoms with van der Waals surface area (Å²) in [7, 11) is 0. The summed E-state index contributed by atoms with van der Waals surface area (Å²) in [6.07, 6.45) is -6.96. The van der Waals surface area contributed by atoms with Crippen LogP contribution in [0.5, 0.6) is 0 Å². The number of nitrogens with two attached hydrogens (primary N) is 1. The maximum absolute atomic E-state index is 14.3. The van der Waals surface area contributed by atoms with Crippen LogP contribution in [0, 0.1) is 16.7 Å². The number of aliphatic hydroxyl groups is 3. The van der Waals surface area contributed by atoms with Crippen LogP contribution >= 0.6 is 0 Å². The summed E-state index contributed by atoms with van der Waals surface area (Å²) in [4.78, 5) is 67.7. The van der Waals surface area contributed by atoms with Gasteiger partial charge in [-0.3, -0.25) is 14.4 Å². The smallest absolute Gasteiger partial charge is 0.338 e. The zero-order chi connectivity index (χ0) is 44.7. The first-order valence-corrected chi connectivity index (χ1v) is 21.1.